The van der Waals surface area contributed by atoms with Crippen LogP contribution in [0.5, 0.6) is 0 Å². The van der Waals surface area contributed by atoms with E-state index in [0.29, 0.717) is 5.56 Å². The van der Waals surface area contributed by atoms with Crippen molar-refractivity contribution in [3.05, 3.63) is 47.3 Å². The molecule has 0 atom stereocenters. The molecule has 1 N–H and O–H groups in total. The minimum atomic E-state index is -0.824. The van der Waals surface area contributed by atoms with Crippen LogP contribution in [0.1, 0.15) is 18.2 Å². The average Bonchev–Trinajstić information content (AvgIpc) is 2.72. The summed E-state index contributed by atoms with van der Waals surface area (Å²) in [6.07, 6.45) is 1.69. The normalized spacial score (nSPS) is 10.7. The number of nitrogens with zero attached hydrogens (tertiary/aromatic N) is 2. The molecule has 0 bridgehead atoms. The van der Waals surface area contributed by atoms with E-state index < -0.39 is 11.6 Å². The van der Waals surface area contributed by atoms with Crippen LogP contribution in [0.25, 0.3) is 0 Å². The summed E-state index contributed by atoms with van der Waals surface area (Å²) in [6, 6.07) is 4.17. The summed E-state index contributed by atoms with van der Waals surface area (Å²) in [4.78, 5) is 0. The van der Waals surface area contributed by atoms with Crippen molar-refractivity contribution >= 4 is 5.69 Å². The number of rotatable bonds is 4. The molecule has 0 aliphatic heterocycles. The van der Waals surface area contributed by atoms with Gasteiger partial charge >= 0.3 is 0 Å². The van der Waals surface area contributed by atoms with E-state index in [1.165, 1.54) is 6.07 Å². The summed E-state index contributed by atoms with van der Waals surface area (Å²) in [6.45, 7) is 4.94. The highest BCUT2D eigenvalue weighted by molar-refractivity contribution is 5.46. The summed E-state index contributed by atoms with van der Waals surface area (Å²) in [5.74, 6) is -1.62. The molecule has 96 valence electrons. The zero-order valence-corrected chi connectivity index (χ0v) is 10.4. The van der Waals surface area contributed by atoms with Crippen LogP contribution in [-0.2, 0) is 13.1 Å². The third kappa shape index (κ3) is 2.34. The van der Waals surface area contributed by atoms with Crippen LogP contribution in [-0.4, -0.2) is 9.78 Å². The number of aryl methyl sites for hydroxylation is 1. The lowest BCUT2D eigenvalue weighted by atomic mass is 10.2. The molecule has 0 aliphatic carbocycles. The highest BCUT2D eigenvalue weighted by atomic mass is 19.2. The summed E-state index contributed by atoms with van der Waals surface area (Å²) in [7, 11) is 0. The predicted molar refractivity (Wildman–Crippen MR) is 66.3 cm³/mol. The lowest BCUT2D eigenvalue weighted by Gasteiger charge is -2.07. The van der Waals surface area contributed by atoms with E-state index in [4.69, 9.17) is 0 Å². The van der Waals surface area contributed by atoms with Gasteiger partial charge in [-0.15, -0.1) is 0 Å². The maximum absolute atomic E-state index is 13.4. The zero-order chi connectivity index (χ0) is 13.1. The second kappa shape index (κ2) is 5.16. The molecular weight excluding hydrogens is 236 g/mol. The van der Waals surface area contributed by atoms with Crippen LogP contribution in [0.2, 0.25) is 0 Å². The molecule has 0 radical (unpaired) electrons. The van der Waals surface area contributed by atoms with Crippen LogP contribution in [0.3, 0.4) is 0 Å². The highest BCUT2D eigenvalue weighted by Gasteiger charge is 2.09. The van der Waals surface area contributed by atoms with Crippen molar-refractivity contribution in [2.24, 2.45) is 0 Å². The SMILES string of the molecule is CCn1ncc(NCc2cccc(F)c2F)c1C. The monoisotopic (exact) mass is 251 g/mol. The van der Waals surface area contributed by atoms with Gasteiger partial charge in [0.15, 0.2) is 11.6 Å². The average molecular weight is 251 g/mol. The van der Waals surface area contributed by atoms with Gasteiger partial charge in [-0.25, -0.2) is 8.78 Å². The Kier molecular flexibility index (Phi) is 3.60. The van der Waals surface area contributed by atoms with E-state index >= 15 is 0 Å². The number of halogens is 2. The number of benzene rings is 1. The topological polar surface area (TPSA) is 29.9 Å². The fourth-order valence-electron chi connectivity index (χ4n) is 1.81. The van der Waals surface area contributed by atoms with Crippen molar-refractivity contribution in [2.45, 2.75) is 26.9 Å². The Morgan fingerprint density at radius 1 is 1.33 bits per heavy atom. The summed E-state index contributed by atoms with van der Waals surface area (Å²) >= 11 is 0. The molecule has 0 aliphatic rings. The van der Waals surface area contributed by atoms with E-state index in [0.717, 1.165) is 24.0 Å². The van der Waals surface area contributed by atoms with E-state index in [-0.39, 0.29) is 6.54 Å². The van der Waals surface area contributed by atoms with Gasteiger partial charge < -0.3 is 5.32 Å². The third-order valence-electron chi connectivity index (χ3n) is 2.90. The Hall–Kier alpha value is -1.91. The molecule has 18 heavy (non-hydrogen) atoms. The van der Waals surface area contributed by atoms with Gasteiger partial charge in [-0.1, -0.05) is 12.1 Å². The van der Waals surface area contributed by atoms with Gasteiger partial charge in [0, 0.05) is 18.7 Å². The Balaban J connectivity index is 2.11. The summed E-state index contributed by atoms with van der Waals surface area (Å²) in [5, 5.41) is 7.23. The molecule has 0 unspecified atom stereocenters. The number of hydrogen-bond acceptors (Lipinski definition) is 2. The molecule has 2 aromatic rings. The van der Waals surface area contributed by atoms with Crippen molar-refractivity contribution < 1.29 is 8.78 Å². The second-order valence-electron chi connectivity index (χ2n) is 4.03. The summed E-state index contributed by atoms with van der Waals surface area (Å²) in [5.41, 5.74) is 2.12. The molecule has 2 rings (SSSR count). The Morgan fingerprint density at radius 2 is 2.11 bits per heavy atom. The van der Waals surface area contributed by atoms with Crippen molar-refractivity contribution in [1.82, 2.24) is 9.78 Å². The maximum atomic E-state index is 13.4. The Labute approximate surface area is 104 Å². The van der Waals surface area contributed by atoms with Gasteiger partial charge in [0.05, 0.1) is 17.6 Å². The molecule has 1 aromatic carbocycles. The van der Waals surface area contributed by atoms with Gasteiger partial charge in [-0.2, -0.15) is 5.10 Å². The molecule has 5 heteroatoms. The van der Waals surface area contributed by atoms with Crippen LogP contribution >= 0.6 is 0 Å². The smallest absolute Gasteiger partial charge is 0.163 e. The van der Waals surface area contributed by atoms with Gasteiger partial charge in [-0.05, 0) is 19.9 Å². The first-order valence-electron chi connectivity index (χ1n) is 5.82. The summed E-state index contributed by atoms with van der Waals surface area (Å²) < 4.78 is 28.3. The molecular formula is C13H15F2N3. The van der Waals surface area contributed by atoms with E-state index in [1.54, 1.807) is 12.3 Å². The van der Waals surface area contributed by atoms with Gasteiger partial charge in [0.25, 0.3) is 0 Å². The number of hydrogen-bond donors (Lipinski definition) is 1. The second-order valence-corrected chi connectivity index (χ2v) is 4.03. The number of nitrogens with one attached hydrogen (secondary N) is 1. The first kappa shape index (κ1) is 12.5. The van der Waals surface area contributed by atoms with E-state index in [1.807, 2.05) is 18.5 Å². The molecule has 0 saturated heterocycles. The van der Waals surface area contributed by atoms with Gasteiger partial charge in [0.1, 0.15) is 0 Å². The Morgan fingerprint density at radius 3 is 2.78 bits per heavy atom. The zero-order valence-electron chi connectivity index (χ0n) is 10.4. The first-order chi connectivity index (χ1) is 8.63. The predicted octanol–water partition coefficient (Wildman–Crippen LogP) is 3.10. The lowest BCUT2D eigenvalue weighted by Crippen LogP contribution is -2.05. The van der Waals surface area contributed by atoms with Gasteiger partial charge in [0.2, 0.25) is 0 Å². The third-order valence-corrected chi connectivity index (χ3v) is 2.90. The highest BCUT2D eigenvalue weighted by Crippen LogP contribution is 2.17. The molecule has 0 amide bonds. The lowest BCUT2D eigenvalue weighted by molar-refractivity contribution is 0.500. The first-order valence-corrected chi connectivity index (χ1v) is 5.82. The molecule has 0 fully saturated rings. The molecule has 0 spiro atoms. The van der Waals surface area contributed by atoms with E-state index in [9.17, 15) is 8.78 Å². The molecule has 1 aromatic heterocycles. The van der Waals surface area contributed by atoms with Crippen molar-refractivity contribution in [1.29, 1.82) is 0 Å². The standard InChI is InChI=1S/C13H15F2N3/c1-3-18-9(2)12(8-17-18)16-7-10-5-4-6-11(14)13(10)15/h4-6,8,16H,3,7H2,1-2H3. The van der Waals surface area contributed by atoms with Crippen molar-refractivity contribution in [3.8, 4) is 0 Å². The molecule has 1 heterocycles. The fraction of sp³-hybridized carbons (Fsp3) is 0.308. The number of anilines is 1. The quantitative estimate of drug-likeness (QED) is 0.904. The minimum Gasteiger partial charge on any atom is -0.378 e. The van der Waals surface area contributed by atoms with Crippen LogP contribution in [0, 0.1) is 18.6 Å². The largest absolute Gasteiger partial charge is 0.378 e. The van der Waals surface area contributed by atoms with Crippen LogP contribution < -0.4 is 5.32 Å². The fourth-order valence-corrected chi connectivity index (χ4v) is 1.81. The Bertz CT molecular complexity index is 549. The maximum Gasteiger partial charge on any atom is 0.163 e. The molecule has 3 nitrogen and oxygen atoms in total. The van der Waals surface area contributed by atoms with Crippen molar-refractivity contribution in [2.75, 3.05) is 5.32 Å². The minimum absolute atomic E-state index is 0.236. The van der Waals surface area contributed by atoms with E-state index in [2.05, 4.69) is 10.4 Å². The van der Waals surface area contributed by atoms with Crippen molar-refractivity contribution in [3.63, 3.8) is 0 Å². The number of aromatic nitrogens is 2. The van der Waals surface area contributed by atoms with Crippen LogP contribution in [0.4, 0.5) is 14.5 Å². The molecule has 0 saturated carbocycles. The van der Waals surface area contributed by atoms with Crippen LogP contribution in [0.15, 0.2) is 24.4 Å². The van der Waals surface area contributed by atoms with Gasteiger partial charge in [-0.3, -0.25) is 4.68 Å².